The molecule has 1 aromatic heterocycles. The summed E-state index contributed by atoms with van der Waals surface area (Å²) in [7, 11) is 0. The van der Waals surface area contributed by atoms with Crippen LogP contribution in [0.25, 0.3) is 16.9 Å². The second-order valence-corrected chi connectivity index (χ2v) is 10.4. The lowest BCUT2D eigenvalue weighted by Gasteiger charge is -2.27. The monoisotopic (exact) mass is 601 g/mol. The Bertz CT molecular complexity index is 1670. The van der Waals surface area contributed by atoms with Crippen molar-refractivity contribution >= 4 is 11.7 Å². The van der Waals surface area contributed by atoms with Gasteiger partial charge in [-0.15, -0.1) is 0 Å². The fourth-order valence-corrected chi connectivity index (χ4v) is 5.54. The van der Waals surface area contributed by atoms with Gasteiger partial charge >= 0.3 is 12.2 Å². The Morgan fingerprint density at radius 2 is 1.65 bits per heavy atom. The van der Waals surface area contributed by atoms with Gasteiger partial charge in [0.15, 0.2) is 0 Å². The molecule has 4 aromatic rings. The summed E-state index contributed by atoms with van der Waals surface area (Å²) >= 11 is 0. The van der Waals surface area contributed by atoms with Crippen molar-refractivity contribution in [3.63, 3.8) is 0 Å². The number of urea groups is 1. The van der Waals surface area contributed by atoms with Crippen molar-refractivity contribution in [2.45, 2.75) is 52.4 Å². The van der Waals surface area contributed by atoms with Crippen LogP contribution < -0.4 is 11.1 Å². The van der Waals surface area contributed by atoms with E-state index in [0.717, 1.165) is 41.1 Å². The number of primary amides is 1. The van der Waals surface area contributed by atoms with Crippen LogP contribution >= 0.6 is 0 Å². The molecule has 0 fully saturated rings. The highest BCUT2D eigenvalue weighted by atomic mass is 19.4. The molecule has 5 rings (SSSR count). The van der Waals surface area contributed by atoms with Crippen molar-refractivity contribution in [2.24, 2.45) is 5.73 Å². The Labute approximate surface area is 244 Å². The maximum absolute atomic E-state index is 15.8. The van der Waals surface area contributed by atoms with Crippen LogP contribution in [0, 0.1) is 17.5 Å². The maximum atomic E-state index is 15.8. The Kier molecular flexibility index (Phi) is 8.24. The molecule has 0 spiro atoms. The summed E-state index contributed by atoms with van der Waals surface area (Å²) in [6.07, 6.45) is -2.99. The van der Waals surface area contributed by atoms with Gasteiger partial charge in [0.1, 0.15) is 17.5 Å². The van der Waals surface area contributed by atoms with E-state index in [9.17, 15) is 22.4 Å². The number of aryl methyl sites for hydroxylation is 2. The third-order valence-electron chi connectivity index (χ3n) is 7.63. The molecule has 6 nitrogen and oxygen atoms in total. The Morgan fingerprint density at radius 3 is 2.26 bits per heavy atom. The number of hydrogen-bond donors (Lipinski definition) is 2. The van der Waals surface area contributed by atoms with E-state index in [1.165, 1.54) is 0 Å². The summed E-state index contributed by atoms with van der Waals surface area (Å²) < 4.78 is 86.4. The third kappa shape index (κ3) is 5.96. The van der Waals surface area contributed by atoms with E-state index in [4.69, 9.17) is 10.8 Å². The normalized spacial score (nSPS) is 13.7. The number of amides is 2. The molecule has 2 amide bonds. The van der Waals surface area contributed by atoms with Crippen LogP contribution in [0.2, 0.25) is 0 Å². The standard InChI is InChI=1S/C31H29F6N5O/c1-3-17-6-5-7-18(4-2)28(17)42-29(21-13-25(34)27(14-24(21)33)39-30(38)43)22-16-41(11-10-26(22)40-42)15-19-8-9-20(12-23(19)32)31(35,36)37/h5-9,12-14H,3-4,10-11,15-16H2,1-2H3,(H3,38,39,43). The number of rotatable bonds is 7. The van der Waals surface area contributed by atoms with E-state index < -0.39 is 40.9 Å². The number of para-hydroxylation sites is 1. The predicted octanol–water partition coefficient (Wildman–Crippen LogP) is 7.15. The summed E-state index contributed by atoms with van der Waals surface area (Å²) in [4.78, 5) is 13.1. The SMILES string of the molecule is CCc1cccc(CC)c1-n1nc2c(c1-c1cc(F)c(NC(N)=O)cc1F)CN(Cc1ccc(C(F)(F)F)cc1F)CC2. The van der Waals surface area contributed by atoms with Crippen molar-refractivity contribution in [3.8, 4) is 16.9 Å². The van der Waals surface area contributed by atoms with Crippen LogP contribution in [0.15, 0.2) is 48.5 Å². The molecule has 0 aliphatic carbocycles. The molecule has 0 unspecified atom stereocenters. The van der Waals surface area contributed by atoms with Crippen LogP contribution in [-0.2, 0) is 38.5 Å². The van der Waals surface area contributed by atoms with Crippen LogP contribution in [0.3, 0.4) is 0 Å². The van der Waals surface area contributed by atoms with Gasteiger partial charge in [-0.2, -0.15) is 18.3 Å². The van der Waals surface area contributed by atoms with Gasteiger partial charge in [-0.3, -0.25) is 4.90 Å². The molecule has 0 bridgehead atoms. The largest absolute Gasteiger partial charge is 0.416 e. The number of carbonyl (C=O) groups is 1. The molecular formula is C31H29F6N5O. The summed E-state index contributed by atoms with van der Waals surface area (Å²) in [6, 6.07) is 9.01. The molecule has 0 radical (unpaired) electrons. The van der Waals surface area contributed by atoms with Crippen LogP contribution in [-0.4, -0.2) is 27.3 Å². The van der Waals surface area contributed by atoms with Gasteiger partial charge in [0, 0.05) is 48.8 Å². The average Bonchev–Trinajstić information content (AvgIpc) is 3.32. The number of carbonyl (C=O) groups excluding carboxylic acids is 1. The number of hydrogen-bond acceptors (Lipinski definition) is 3. The zero-order valence-corrected chi connectivity index (χ0v) is 23.5. The molecule has 0 saturated heterocycles. The van der Waals surface area contributed by atoms with Gasteiger partial charge in [0.25, 0.3) is 0 Å². The lowest BCUT2D eigenvalue weighted by atomic mass is 9.98. The lowest BCUT2D eigenvalue weighted by Crippen LogP contribution is -2.30. The Balaban J connectivity index is 1.63. The number of nitrogens with zero attached hydrogens (tertiary/aromatic N) is 3. The van der Waals surface area contributed by atoms with Gasteiger partial charge in [-0.1, -0.05) is 38.1 Å². The Morgan fingerprint density at radius 1 is 0.953 bits per heavy atom. The molecule has 0 saturated carbocycles. The fraction of sp³-hybridized carbons (Fsp3) is 0.290. The van der Waals surface area contributed by atoms with Crippen molar-refractivity contribution in [1.29, 1.82) is 0 Å². The van der Waals surface area contributed by atoms with E-state index in [-0.39, 0.29) is 24.2 Å². The van der Waals surface area contributed by atoms with Gasteiger partial charge < -0.3 is 11.1 Å². The second kappa shape index (κ2) is 11.8. The topological polar surface area (TPSA) is 76.2 Å². The van der Waals surface area contributed by atoms with Gasteiger partial charge in [0.2, 0.25) is 0 Å². The number of alkyl halides is 3. The molecule has 3 N–H and O–H groups in total. The third-order valence-corrected chi connectivity index (χ3v) is 7.63. The first-order valence-corrected chi connectivity index (χ1v) is 13.8. The number of fused-ring (bicyclic) bond motifs is 1. The molecule has 226 valence electrons. The van der Waals surface area contributed by atoms with E-state index in [2.05, 4.69) is 5.32 Å². The molecule has 2 heterocycles. The quantitative estimate of drug-likeness (QED) is 0.221. The maximum Gasteiger partial charge on any atom is 0.416 e. The Hall–Kier alpha value is -4.32. The smallest absolute Gasteiger partial charge is 0.351 e. The van der Waals surface area contributed by atoms with Gasteiger partial charge in [-0.05, 0) is 42.2 Å². The van der Waals surface area contributed by atoms with E-state index in [1.54, 1.807) is 4.68 Å². The molecule has 12 heteroatoms. The molecule has 3 aromatic carbocycles. The molecule has 43 heavy (non-hydrogen) atoms. The highest BCUT2D eigenvalue weighted by Gasteiger charge is 2.33. The highest BCUT2D eigenvalue weighted by Crippen LogP contribution is 2.38. The number of aromatic nitrogens is 2. The fourth-order valence-electron chi connectivity index (χ4n) is 5.54. The molecule has 1 aliphatic rings. The number of halogens is 6. The van der Waals surface area contributed by atoms with Crippen LogP contribution in [0.5, 0.6) is 0 Å². The summed E-state index contributed by atoms with van der Waals surface area (Å²) in [5, 5.41) is 6.94. The van der Waals surface area contributed by atoms with Gasteiger partial charge in [-0.25, -0.2) is 22.6 Å². The van der Waals surface area contributed by atoms with E-state index in [1.807, 2.05) is 36.9 Å². The average molecular weight is 602 g/mol. The minimum Gasteiger partial charge on any atom is -0.351 e. The zero-order chi connectivity index (χ0) is 31.1. The van der Waals surface area contributed by atoms with Crippen molar-refractivity contribution < 1.29 is 31.1 Å². The molecular weight excluding hydrogens is 572 g/mol. The first-order chi connectivity index (χ1) is 20.4. The first-order valence-electron chi connectivity index (χ1n) is 13.8. The first kappa shape index (κ1) is 30.1. The van der Waals surface area contributed by atoms with Gasteiger partial charge in [0.05, 0.1) is 28.3 Å². The summed E-state index contributed by atoms with van der Waals surface area (Å²) in [5.74, 6) is -2.71. The molecule has 0 atom stereocenters. The van der Waals surface area contributed by atoms with Crippen LogP contribution in [0.1, 0.15) is 47.4 Å². The highest BCUT2D eigenvalue weighted by molar-refractivity contribution is 5.88. The number of nitrogens with one attached hydrogen (secondary N) is 1. The van der Waals surface area contributed by atoms with Crippen molar-refractivity contribution in [3.05, 3.63) is 99.5 Å². The number of benzene rings is 3. The van der Waals surface area contributed by atoms with Crippen molar-refractivity contribution in [1.82, 2.24) is 14.7 Å². The zero-order valence-electron chi connectivity index (χ0n) is 23.5. The van der Waals surface area contributed by atoms with E-state index in [0.29, 0.717) is 48.8 Å². The van der Waals surface area contributed by atoms with Crippen LogP contribution in [0.4, 0.5) is 36.8 Å². The number of nitrogens with two attached hydrogens (primary N) is 1. The predicted molar refractivity (Wildman–Crippen MR) is 150 cm³/mol. The minimum atomic E-state index is -4.67. The van der Waals surface area contributed by atoms with E-state index >= 15 is 8.78 Å². The minimum absolute atomic E-state index is 0.00188. The summed E-state index contributed by atoms with van der Waals surface area (Å²) in [5.41, 5.74) is 7.74. The second-order valence-electron chi connectivity index (χ2n) is 10.4. The lowest BCUT2D eigenvalue weighted by molar-refractivity contribution is -0.137. The number of anilines is 1. The van der Waals surface area contributed by atoms with Crippen molar-refractivity contribution in [2.75, 3.05) is 11.9 Å². The summed E-state index contributed by atoms with van der Waals surface area (Å²) in [6.45, 7) is 4.53. The molecule has 1 aliphatic heterocycles.